The molecular weight excluding hydrogens is 344 g/mol. The quantitative estimate of drug-likeness (QED) is 0.814. The molecule has 4 rings (SSSR count). The Bertz CT molecular complexity index is 842. The number of fused-ring (bicyclic) bond motifs is 1. The van der Waals surface area contributed by atoms with Gasteiger partial charge in [0.1, 0.15) is 6.10 Å². The number of hydrogen-bond acceptors (Lipinski definition) is 5. The molecule has 0 bridgehead atoms. The van der Waals surface area contributed by atoms with Crippen molar-refractivity contribution in [2.75, 3.05) is 23.3 Å². The highest BCUT2D eigenvalue weighted by atomic mass is 16.5. The SMILES string of the molecule is O=C(C[C@@H]1OC(=O)c2ccccc21)Nc1ccc(N2CCC(O)CC2)cc1. The lowest BCUT2D eigenvalue weighted by Gasteiger charge is -2.31. The number of benzene rings is 2. The summed E-state index contributed by atoms with van der Waals surface area (Å²) in [5.74, 6) is -0.572. The van der Waals surface area contributed by atoms with Crippen LogP contribution in [0.2, 0.25) is 0 Å². The monoisotopic (exact) mass is 366 g/mol. The van der Waals surface area contributed by atoms with E-state index in [1.807, 2.05) is 36.4 Å². The Balaban J connectivity index is 1.36. The van der Waals surface area contributed by atoms with Crippen LogP contribution in [0.4, 0.5) is 11.4 Å². The molecule has 140 valence electrons. The van der Waals surface area contributed by atoms with Gasteiger partial charge < -0.3 is 20.1 Å². The van der Waals surface area contributed by atoms with Crippen LogP contribution >= 0.6 is 0 Å². The van der Waals surface area contributed by atoms with E-state index in [1.54, 1.807) is 12.1 Å². The van der Waals surface area contributed by atoms with Crippen LogP contribution < -0.4 is 10.2 Å². The van der Waals surface area contributed by atoms with Crippen LogP contribution in [0.1, 0.15) is 41.3 Å². The smallest absolute Gasteiger partial charge is 0.339 e. The van der Waals surface area contributed by atoms with Gasteiger partial charge in [-0.25, -0.2) is 4.79 Å². The molecule has 0 aliphatic carbocycles. The number of nitrogens with one attached hydrogen (secondary N) is 1. The molecule has 0 unspecified atom stereocenters. The van der Waals surface area contributed by atoms with E-state index in [0.717, 1.165) is 37.2 Å². The van der Waals surface area contributed by atoms with Crippen molar-refractivity contribution in [1.29, 1.82) is 0 Å². The molecule has 2 heterocycles. The van der Waals surface area contributed by atoms with Crippen molar-refractivity contribution in [2.24, 2.45) is 0 Å². The van der Waals surface area contributed by atoms with Gasteiger partial charge in [0.15, 0.2) is 0 Å². The second-order valence-electron chi connectivity index (χ2n) is 7.00. The minimum atomic E-state index is -0.534. The molecule has 6 heteroatoms. The predicted molar refractivity (Wildman–Crippen MR) is 102 cm³/mol. The zero-order chi connectivity index (χ0) is 18.8. The van der Waals surface area contributed by atoms with Gasteiger partial charge >= 0.3 is 5.97 Å². The normalized spacial score (nSPS) is 19.5. The van der Waals surface area contributed by atoms with E-state index >= 15 is 0 Å². The lowest BCUT2D eigenvalue weighted by molar-refractivity contribution is -0.118. The molecule has 0 radical (unpaired) electrons. The Hall–Kier alpha value is -2.86. The number of aliphatic hydroxyl groups is 1. The van der Waals surface area contributed by atoms with Gasteiger partial charge in [-0.2, -0.15) is 0 Å². The third-order valence-corrected chi connectivity index (χ3v) is 5.13. The summed E-state index contributed by atoms with van der Waals surface area (Å²) in [5, 5.41) is 12.5. The number of cyclic esters (lactones) is 1. The van der Waals surface area contributed by atoms with Gasteiger partial charge in [0.25, 0.3) is 0 Å². The molecule has 1 saturated heterocycles. The van der Waals surface area contributed by atoms with Crippen LogP contribution in [0.5, 0.6) is 0 Å². The second kappa shape index (κ2) is 7.40. The van der Waals surface area contributed by atoms with Gasteiger partial charge in [-0.1, -0.05) is 18.2 Å². The van der Waals surface area contributed by atoms with Gasteiger partial charge in [-0.15, -0.1) is 0 Å². The topological polar surface area (TPSA) is 78.9 Å². The van der Waals surface area contributed by atoms with E-state index < -0.39 is 6.10 Å². The van der Waals surface area contributed by atoms with Gasteiger partial charge in [0.05, 0.1) is 18.1 Å². The van der Waals surface area contributed by atoms with Crippen molar-refractivity contribution in [3.05, 3.63) is 59.7 Å². The predicted octanol–water partition coefficient (Wildman–Crippen LogP) is 2.89. The van der Waals surface area contributed by atoms with Gasteiger partial charge in [0, 0.05) is 30.0 Å². The molecule has 6 nitrogen and oxygen atoms in total. The van der Waals surface area contributed by atoms with Crippen LogP contribution in [-0.2, 0) is 9.53 Å². The van der Waals surface area contributed by atoms with Crippen molar-refractivity contribution in [2.45, 2.75) is 31.5 Å². The van der Waals surface area contributed by atoms with E-state index in [0.29, 0.717) is 11.3 Å². The molecular formula is C21H22N2O4. The van der Waals surface area contributed by atoms with Crippen molar-refractivity contribution in [3.8, 4) is 0 Å². The fourth-order valence-corrected chi connectivity index (χ4v) is 3.63. The Labute approximate surface area is 157 Å². The number of carbonyl (C=O) groups is 2. The lowest BCUT2D eigenvalue weighted by Crippen LogP contribution is -2.35. The Kier molecular flexibility index (Phi) is 4.81. The summed E-state index contributed by atoms with van der Waals surface area (Å²) < 4.78 is 5.32. The molecule has 0 aromatic heterocycles. The Morgan fingerprint density at radius 2 is 1.81 bits per heavy atom. The number of anilines is 2. The highest BCUT2D eigenvalue weighted by molar-refractivity contribution is 5.96. The number of esters is 1. The van der Waals surface area contributed by atoms with Crippen LogP contribution in [0.3, 0.4) is 0 Å². The highest BCUT2D eigenvalue weighted by Crippen LogP contribution is 2.33. The van der Waals surface area contributed by atoms with E-state index in [-0.39, 0.29) is 24.4 Å². The zero-order valence-corrected chi connectivity index (χ0v) is 14.9. The van der Waals surface area contributed by atoms with Crippen molar-refractivity contribution in [1.82, 2.24) is 0 Å². The number of aliphatic hydroxyl groups excluding tert-OH is 1. The molecule has 2 aliphatic heterocycles. The molecule has 0 spiro atoms. The van der Waals surface area contributed by atoms with Crippen LogP contribution in [0.15, 0.2) is 48.5 Å². The first-order chi connectivity index (χ1) is 13.1. The molecule has 2 aromatic rings. The minimum absolute atomic E-state index is 0.0918. The number of nitrogens with zero attached hydrogens (tertiary/aromatic N) is 1. The van der Waals surface area contributed by atoms with E-state index in [9.17, 15) is 14.7 Å². The molecule has 2 aromatic carbocycles. The summed E-state index contributed by atoms with van der Waals surface area (Å²) in [6.07, 6.45) is 0.914. The summed E-state index contributed by atoms with van der Waals surface area (Å²) in [6.45, 7) is 1.67. The van der Waals surface area contributed by atoms with E-state index in [2.05, 4.69) is 10.2 Å². The van der Waals surface area contributed by atoms with Crippen LogP contribution in [0, 0.1) is 0 Å². The number of hydrogen-bond donors (Lipinski definition) is 2. The Morgan fingerprint density at radius 1 is 1.11 bits per heavy atom. The number of amides is 1. The summed E-state index contributed by atoms with van der Waals surface area (Å²) in [6, 6.07) is 14.8. The van der Waals surface area contributed by atoms with Crippen LogP contribution in [-0.4, -0.2) is 36.2 Å². The maximum atomic E-state index is 12.4. The molecule has 0 saturated carbocycles. The zero-order valence-electron chi connectivity index (χ0n) is 14.9. The Morgan fingerprint density at radius 3 is 2.56 bits per heavy atom. The molecule has 1 fully saturated rings. The van der Waals surface area contributed by atoms with Gasteiger partial charge in [-0.3, -0.25) is 4.79 Å². The number of ether oxygens (including phenoxy) is 1. The summed E-state index contributed by atoms with van der Waals surface area (Å²) in [4.78, 5) is 26.4. The highest BCUT2D eigenvalue weighted by Gasteiger charge is 2.32. The van der Waals surface area contributed by atoms with Gasteiger partial charge in [-0.05, 0) is 43.2 Å². The van der Waals surface area contributed by atoms with Crippen LogP contribution in [0.25, 0.3) is 0 Å². The lowest BCUT2D eigenvalue weighted by atomic mass is 10.0. The average Bonchev–Trinajstić information content (AvgIpc) is 2.99. The number of rotatable bonds is 4. The van der Waals surface area contributed by atoms with E-state index in [1.165, 1.54) is 0 Å². The minimum Gasteiger partial charge on any atom is -0.453 e. The largest absolute Gasteiger partial charge is 0.453 e. The fraction of sp³-hybridized carbons (Fsp3) is 0.333. The standard InChI is InChI=1S/C21H22N2O4/c24-16-9-11-23(12-10-16)15-7-5-14(6-8-15)22-20(25)13-19-17-3-1-2-4-18(17)21(26)27-19/h1-8,16,19,24H,9-13H2,(H,22,25)/t19-/m0/s1. The third-order valence-electron chi connectivity index (χ3n) is 5.13. The second-order valence-corrected chi connectivity index (χ2v) is 7.00. The number of piperidine rings is 1. The van der Waals surface area contributed by atoms with Crippen molar-refractivity contribution < 1.29 is 19.4 Å². The van der Waals surface area contributed by atoms with E-state index in [4.69, 9.17) is 4.74 Å². The number of carbonyl (C=O) groups excluding carboxylic acids is 2. The summed E-state index contributed by atoms with van der Waals surface area (Å²) in [5.41, 5.74) is 3.09. The molecule has 2 N–H and O–H groups in total. The van der Waals surface area contributed by atoms with Crippen molar-refractivity contribution in [3.63, 3.8) is 0 Å². The molecule has 1 atom stereocenters. The molecule has 2 aliphatic rings. The average molecular weight is 366 g/mol. The van der Waals surface area contributed by atoms with Gasteiger partial charge in [0.2, 0.25) is 5.91 Å². The fourth-order valence-electron chi connectivity index (χ4n) is 3.63. The molecule has 1 amide bonds. The third kappa shape index (κ3) is 3.80. The van der Waals surface area contributed by atoms with Crippen molar-refractivity contribution >= 4 is 23.3 Å². The summed E-state index contributed by atoms with van der Waals surface area (Å²) >= 11 is 0. The first-order valence-corrected chi connectivity index (χ1v) is 9.23. The first kappa shape index (κ1) is 17.5. The summed E-state index contributed by atoms with van der Waals surface area (Å²) in [7, 11) is 0. The molecule has 27 heavy (non-hydrogen) atoms. The maximum Gasteiger partial charge on any atom is 0.339 e. The maximum absolute atomic E-state index is 12.4. The first-order valence-electron chi connectivity index (χ1n) is 9.23.